The average Bonchev–Trinajstić information content (AvgIpc) is 2.59. The van der Waals surface area contributed by atoms with E-state index in [1.165, 1.54) is 11.8 Å². The van der Waals surface area contributed by atoms with Gasteiger partial charge in [-0.05, 0) is 30.3 Å². The molecule has 1 heterocycles. The summed E-state index contributed by atoms with van der Waals surface area (Å²) < 4.78 is 5.69. The maximum absolute atomic E-state index is 12.4. The summed E-state index contributed by atoms with van der Waals surface area (Å²) in [5.41, 5.74) is 1.78. The molecule has 1 aliphatic heterocycles. The monoisotopic (exact) mass is 353 g/mol. The number of nitrogens with one attached hydrogen (secondary N) is 2. The Labute approximate surface area is 150 Å². The number of likely N-dealkylation sites (N-methyl/N-ethyl adjacent to an activating group) is 1. The first kappa shape index (κ1) is 17.5. The van der Waals surface area contributed by atoms with Crippen molar-refractivity contribution in [2.75, 3.05) is 22.6 Å². The molecule has 0 saturated carbocycles. The van der Waals surface area contributed by atoms with Crippen molar-refractivity contribution in [3.8, 4) is 5.75 Å². The summed E-state index contributed by atoms with van der Waals surface area (Å²) in [5, 5.41) is 5.37. The molecule has 1 aliphatic rings. The van der Waals surface area contributed by atoms with Gasteiger partial charge >= 0.3 is 0 Å². The van der Waals surface area contributed by atoms with Gasteiger partial charge in [0.15, 0.2) is 6.10 Å². The number of hydrogen-bond donors (Lipinski definition) is 2. The first-order chi connectivity index (χ1) is 12.4. The van der Waals surface area contributed by atoms with Crippen LogP contribution in [0.2, 0.25) is 0 Å². The summed E-state index contributed by atoms with van der Waals surface area (Å²) in [4.78, 5) is 37.4. The highest BCUT2D eigenvalue weighted by molar-refractivity contribution is 6.03. The number of para-hydroxylation sites is 2. The Bertz CT molecular complexity index is 865. The van der Waals surface area contributed by atoms with Gasteiger partial charge in [0.05, 0.1) is 12.1 Å². The van der Waals surface area contributed by atoms with Crippen molar-refractivity contribution in [3.05, 3.63) is 48.5 Å². The van der Waals surface area contributed by atoms with Crippen LogP contribution < -0.4 is 20.3 Å². The van der Waals surface area contributed by atoms with Crippen LogP contribution in [0.25, 0.3) is 0 Å². The molecule has 0 fully saturated rings. The summed E-state index contributed by atoms with van der Waals surface area (Å²) >= 11 is 0. The Morgan fingerprint density at radius 3 is 2.50 bits per heavy atom. The number of benzene rings is 2. The minimum atomic E-state index is -0.881. The highest BCUT2D eigenvalue weighted by atomic mass is 16.5. The molecule has 0 bridgehead atoms. The van der Waals surface area contributed by atoms with Crippen molar-refractivity contribution >= 4 is 34.8 Å². The number of rotatable bonds is 4. The second-order valence-corrected chi connectivity index (χ2v) is 5.99. The summed E-state index contributed by atoms with van der Waals surface area (Å²) in [7, 11) is 1.66. The Morgan fingerprint density at radius 2 is 1.77 bits per heavy atom. The number of ether oxygens (including phenoxy) is 1. The minimum absolute atomic E-state index is 0.109. The summed E-state index contributed by atoms with van der Waals surface area (Å²) in [6.45, 7) is 1.41. The van der Waals surface area contributed by atoms with Gasteiger partial charge in [0.1, 0.15) is 5.75 Å². The molecule has 0 aliphatic carbocycles. The van der Waals surface area contributed by atoms with Gasteiger partial charge in [-0.15, -0.1) is 0 Å². The lowest BCUT2D eigenvalue weighted by Gasteiger charge is -2.31. The summed E-state index contributed by atoms with van der Waals surface area (Å²) in [5.74, 6) is -0.251. The molecule has 0 aromatic heterocycles. The fraction of sp³-hybridized carbons (Fsp3) is 0.211. The number of anilines is 3. The van der Waals surface area contributed by atoms with Gasteiger partial charge in [0.25, 0.3) is 5.91 Å². The van der Waals surface area contributed by atoms with E-state index in [-0.39, 0.29) is 24.1 Å². The third-order valence-corrected chi connectivity index (χ3v) is 3.94. The first-order valence-corrected chi connectivity index (χ1v) is 8.15. The lowest BCUT2D eigenvalue weighted by atomic mass is 10.1. The second-order valence-electron chi connectivity index (χ2n) is 5.99. The Morgan fingerprint density at radius 1 is 1.08 bits per heavy atom. The predicted molar refractivity (Wildman–Crippen MR) is 98.3 cm³/mol. The van der Waals surface area contributed by atoms with Crippen LogP contribution in [-0.4, -0.2) is 30.9 Å². The van der Waals surface area contributed by atoms with Gasteiger partial charge in [-0.25, -0.2) is 0 Å². The zero-order chi connectivity index (χ0) is 18.7. The number of fused-ring (bicyclic) bond motifs is 1. The second kappa shape index (κ2) is 7.26. The fourth-order valence-electron chi connectivity index (χ4n) is 2.76. The predicted octanol–water partition coefficient (Wildman–Crippen LogP) is 2.40. The Hall–Kier alpha value is -3.35. The molecule has 3 rings (SSSR count). The van der Waals surface area contributed by atoms with E-state index in [0.29, 0.717) is 22.8 Å². The van der Waals surface area contributed by atoms with Crippen LogP contribution in [0, 0.1) is 0 Å². The normalized spacial score (nSPS) is 15.7. The van der Waals surface area contributed by atoms with Crippen molar-refractivity contribution in [1.29, 1.82) is 0 Å². The highest BCUT2D eigenvalue weighted by Gasteiger charge is 2.33. The van der Waals surface area contributed by atoms with Gasteiger partial charge in [-0.2, -0.15) is 0 Å². The molecule has 1 unspecified atom stereocenters. The first-order valence-electron chi connectivity index (χ1n) is 8.15. The largest absolute Gasteiger partial charge is 0.478 e. The van der Waals surface area contributed by atoms with Crippen LogP contribution in [0.3, 0.4) is 0 Å². The van der Waals surface area contributed by atoms with Crippen molar-refractivity contribution in [1.82, 2.24) is 0 Å². The van der Waals surface area contributed by atoms with Crippen LogP contribution in [0.4, 0.5) is 17.1 Å². The Balaban J connectivity index is 1.67. The van der Waals surface area contributed by atoms with Crippen molar-refractivity contribution in [2.24, 2.45) is 0 Å². The van der Waals surface area contributed by atoms with Crippen LogP contribution in [0.5, 0.6) is 5.75 Å². The van der Waals surface area contributed by atoms with Crippen LogP contribution in [0.1, 0.15) is 13.3 Å². The smallest absolute Gasteiger partial charge is 0.268 e. The van der Waals surface area contributed by atoms with Gasteiger partial charge in [-0.1, -0.05) is 18.2 Å². The molecule has 7 heteroatoms. The molecule has 26 heavy (non-hydrogen) atoms. The van der Waals surface area contributed by atoms with Gasteiger partial charge in [0.2, 0.25) is 11.8 Å². The minimum Gasteiger partial charge on any atom is -0.478 e. The lowest BCUT2D eigenvalue weighted by molar-refractivity contribution is -0.130. The molecule has 2 aromatic rings. The molecule has 7 nitrogen and oxygen atoms in total. The van der Waals surface area contributed by atoms with Crippen LogP contribution in [0.15, 0.2) is 48.5 Å². The van der Waals surface area contributed by atoms with Crippen molar-refractivity contribution < 1.29 is 19.1 Å². The van der Waals surface area contributed by atoms with Gasteiger partial charge in [0, 0.05) is 25.3 Å². The summed E-state index contributed by atoms with van der Waals surface area (Å²) in [6, 6.07) is 14.0. The van der Waals surface area contributed by atoms with E-state index in [4.69, 9.17) is 4.74 Å². The maximum Gasteiger partial charge on any atom is 0.268 e. The molecular formula is C19H19N3O4. The van der Waals surface area contributed by atoms with E-state index in [9.17, 15) is 14.4 Å². The van der Waals surface area contributed by atoms with Crippen molar-refractivity contribution in [3.63, 3.8) is 0 Å². The molecule has 0 saturated heterocycles. The molecule has 2 N–H and O–H groups in total. The number of nitrogens with zero attached hydrogens (tertiary/aromatic N) is 1. The van der Waals surface area contributed by atoms with E-state index in [1.807, 2.05) is 12.1 Å². The number of carbonyl (C=O) groups excluding carboxylic acids is 3. The van der Waals surface area contributed by atoms with Gasteiger partial charge < -0.3 is 20.3 Å². The van der Waals surface area contributed by atoms with Gasteiger partial charge in [-0.3, -0.25) is 14.4 Å². The van der Waals surface area contributed by atoms with Crippen LogP contribution in [-0.2, 0) is 14.4 Å². The lowest BCUT2D eigenvalue weighted by Crippen LogP contribution is -2.45. The van der Waals surface area contributed by atoms with E-state index < -0.39 is 6.10 Å². The topological polar surface area (TPSA) is 87.7 Å². The zero-order valence-electron chi connectivity index (χ0n) is 14.5. The number of carbonyl (C=O) groups is 3. The van der Waals surface area contributed by atoms with Crippen molar-refractivity contribution in [2.45, 2.75) is 19.4 Å². The van der Waals surface area contributed by atoms with E-state index in [0.717, 1.165) is 0 Å². The van der Waals surface area contributed by atoms with E-state index in [1.54, 1.807) is 43.4 Å². The molecule has 2 aromatic carbocycles. The van der Waals surface area contributed by atoms with E-state index >= 15 is 0 Å². The Kier molecular flexibility index (Phi) is 4.88. The maximum atomic E-state index is 12.4. The van der Waals surface area contributed by atoms with E-state index in [2.05, 4.69) is 10.6 Å². The number of amides is 3. The highest BCUT2D eigenvalue weighted by Crippen LogP contribution is 2.33. The standard InChI is InChI=1S/C19H19N3O4/c1-12(23)20-13-6-5-7-14(10-13)21-18(24)11-17-19(25)22(2)15-8-3-4-9-16(15)26-17/h3-10,17H,11H2,1-2H3,(H,20,23)(H,21,24). The fourth-order valence-corrected chi connectivity index (χ4v) is 2.76. The number of hydrogen-bond acceptors (Lipinski definition) is 4. The molecule has 3 amide bonds. The summed E-state index contributed by atoms with van der Waals surface area (Å²) in [6.07, 6.45) is -0.990. The third kappa shape index (κ3) is 3.83. The SMILES string of the molecule is CC(=O)Nc1cccc(NC(=O)CC2Oc3ccccc3N(C)C2=O)c1. The van der Waals surface area contributed by atoms with Crippen LogP contribution >= 0.6 is 0 Å². The molecule has 0 radical (unpaired) electrons. The average molecular weight is 353 g/mol. The molecule has 0 spiro atoms. The molecule has 134 valence electrons. The third-order valence-electron chi connectivity index (χ3n) is 3.94. The molecular weight excluding hydrogens is 334 g/mol. The molecule has 1 atom stereocenters. The quantitative estimate of drug-likeness (QED) is 0.883. The zero-order valence-corrected chi connectivity index (χ0v) is 14.5.